The number of nitrogens with zero attached hydrogens (tertiary/aromatic N) is 2. The predicted octanol–water partition coefficient (Wildman–Crippen LogP) is 4.60. The molecule has 3 aromatic rings. The molecule has 0 radical (unpaired) electrons. The highest BCUT2D eigenvalue weighted by molar-refractivity contribution is 7.12. The smallest absolute Gasteiger partial charge is 0.164 e. The van der Waals surface area contributed by atoms with Crippen LogP contribution in [0.3, 0.4) is 0 Å². The third-order valence-corrected chi connectivity index (χ3v) is 5.33. The van der Waals surface area contributed by atoms with Gasteiger partial charge >= 0.3 is 0 Å². The molecule has 1 aliphatic rings. The van der Waals surface area contributed by atoms with Gasteiger partial charge in [0.15, 0.2) is 17.3 Å². The van der Waals surface area contributed by atoms with Gasteiger partial charge in [0.25, 0.3) is 0 Å². The van der Waals surface area contributed by atoms with Gasteiger partial charge in [0.1, 0.15) is 11.5 Å². The summed E-state index contributed by atoms with van der Waals surface area (Å²) in [6.45, 7) is 2.55. The van der Waals surface area contributed by atoms with Gasteiger partial charge in [-0.25, -0.2) is 4.99 Å². The molecule has 0 unspecified atom stereocenters. The molecule has 0 atom stereocenters. The van der Waals surface area contributed by atoms with Gasteiger partial charge in [-0.2, -0.15) is 5.10 Å². The minimum atomic E-state index is 0.587. The molecule has 4 rings (SSSR count). The highest BCUT2D eigenvalue weighted by Crippen LogP contribution is 2.33. The number of rotatable bonds is 6. The number of amidine groups is 1. The van der Waals surface area contributed by atoms with E-state index in [0.29, 0.717) is 23.9 Å². The summed E-state index contributed by atoms with van der Waals surface area (Å²) in [5, 5.41) is 6.71. The number of benzene rings is 2. The fraction of sp³-hybridized carbons (Fsp3) is 0.182. The van der Waals surface area contributed by atoms with Crippen molar-refractivity contribution in [3.05, 3.63) is 69.9 Å². The van der Waals surface area contributed by atoms with Gasteiger partial charge in [-0.05, 0) is 54.8 Å². The van der Waals surface area contributed by atoms with E-state index in [2.05, 4.69) is 5.43 Å². The van der Waals surface area contributed by atoms with Gasteiger partial charge in [-0.15, -0.1) is 11.3 Å². The number of methoxy groups -OCH3 is 2. The molecule has 2 heterocycles. The summed E-state index contributed by atoms with van der Waals surface area (Å²) in [7, 11) is 3.24. The zero-order valence-electron chi connectivity index (χ0n) is 16.4. The lowest BCUT2D eigenvalue weighted by Crippen LogP contribution is -2.18. The molecule has 0 bridgehead atoms. The number of thiophene rings is 1. The van der Waals surface area contributed by atoms with Crippen molar-refractivity contribution in [3.63, 3.8) is 0 Å². The molecule has 2 aromatic carbocycles. The second-order valence-electron chi connectivity index (χ2n) is 6.19. The van der Waals surface area contributed by atoms with Gasteiger partial charge in [0.05, 0.1) is 31.4 Å². The molecule has 1 N–H and O–H groups in total. The van der Waals surface area contributed by atoms with Crippen LogP contribution in [0, 0.1) is 0 Å². The molecular formula is C22H21N3O3S. The summed E-state index contributed by atoms with van der Waals surface area (Å²) >= 11 is 1.61. The minimum Gasteiger partial charge on any atom is -0.494 e. The highest BCUT2D eigenvalue weighted by Gasteiger charge is 2.20. The van der Waals surface area contributed by atoms with E-state index >= 15 is 0 Å². The largest absolute Gasteiger partial charge is 0.494 e. The standard InChI is InChI=1S/C22H21N3O3S/c1-4-28-15-8-9-17-16(13-15)21(14-7-10-18(26-2)19(12-14)27-3)24-25-22(23-17)20-6-5-11-29-20/h5-13H,4H2,1-3H3,(H,23,25). The first-order valence-corrected chi connectivity index (χ1v) is 10.1. The molecule has 0 saturated heterocycles. The number of hydrogen-bond donors (Lipinski definition) is 1. The van der Waals surface area contributed by atoms with Crippen molar-refractivity contribution in [3.8, 4) is 17.2 Å². The Kier molecular flexibility index (Phi) is 5.48. The van der Waals surface area contributed by atoms with E-state index in [9.17, 15) is 0 Å². The van der Waals surface area contributed by atoms with Crippen molar-refractivity contribution >= 4 is 28.6 Å². The summed E-state index contributed by atoms with van der Waals surface area (Å²) in [4.78, 5) is 5.84. The van der Waals surface area contributed by atoms with Crippen LogP contribution >= 0.6 is 11.3 Å². The molecule has 7 heteroatoms. The molecule has 29 heavy (non-hydrogen) atoms. The van der Waals surface area contributed by atoms with Crippen molar-refractivity contribution in [1.29, 1.82) is 0 Å². The fourth-order valence-electron chi connectivity index (χ4n) is 3.10. The highest BCUT2D eigenvalue weighted by atomic mass is 32.1. The SMILES string of the molecule is CCOc1ccc2c(c1)C(c1ccc(OC)c(OC)c1)=NNC(c1cccs1)=N2. The topological polar surface area (TPSA) is 64.4 Å². The van der Waals surface area contributed by atoms with Gasteiger partial charge in [0, 0.05) is 11.1 Å². The summed E-state index contributed by atoms with van der Waals surface area (Å²) in [5.74, 6) is 2.78. The first-order valence-electron chi connectivity index (χ1n) is 9.19. The first-order chi connectivity index (χ1) is 14.2. The third kappa shape index (κ3) is 3.82. The molecule has 0 aliphatic carbocycles. The van der Waals surface area contributed by atoms with Crippen LogP contribution in [0.1, 0.15) is 22.9 Å². The second-order valence-corrected chi connectivity index (χ2v) is 7.14. The molecule has 148 valence electrons. The van der Waals surface area contributed by atoms with Crippen LogP contribution in [-0.4, -0.2) is 32.4 Å². The first kappa shape index (κ1) is 19.0. The molecule has 0 fully saturated rings. The van der Waals surface area contributed by atoms with Gasteiger partial charge in [-0.1, -0.05) is 6.07 Å². The molecular weight excluding hydrogens is 386 g/mol. The predicted molar refractivity (Wildman–Crippen MR) is 116 cm³/mol. The maximum absolute atomic E-state index is 5.71. The fourth-order valence-corrected chi connectivity index (χ4v) is 3.76. The molecule has 0 amide bonds. The third-order valence-electron chi connectivity index (χ3n) is 4.45. The van der Waals surface area contributed by atoms with E-state index < -0.39 is 0 Å². The lowest BCUT2D eigenvalue weighted by atomic mass is 10.00. The van der Waals surface area contributed by atoms with Crippen LogP contribution in [-0.2, 0) is 0 Å². The zero-order valence-corrected chi connectivity index (χ0v) is 17.2. The van der Waals surface area contributed by atoms with Crippen LogP contribution in [0.5, 0.6) is 17.2 Å². The summed E-state index contributed by atoms with van der Waals surface area (Å²) in [6.07, 6.45) is 0. The van der Waals surface area contributed by atoms with E-state index in [1.165, 1.54) is 0 Å². The van der Waals surface area contributed by atoms with E-state index in [0.717, 1.165) is 33.2 Å². The van der Waals surface area contributed by atoms with Crippen LogP contribution in [0.2, 0.25) is 0 Å². The number of hydrogen-bond acceptors (Lipinski definition) is 7. The summed E-state index contributed by atoms with van der Waals surface area (Å²) < 4.78 is 16.6. The maximum atomic E-state index is 5.71. The molecule has 1 aromatic heterocycles. The average Bonchev–Trinajstić information content (AvgIpc) is 3.22. The van der Waals surface area contributed by atoms with Crippen molar-refractivity contribution < 1.29 is 14.2 Å². The van der Waals surface area contributed by atoms with Gasteiger partial charge in [0.2, 0.25) is 0 Å². The Morgan fingerprint density at radius 2 is 1.86 bits per heavy atom. The van der Waals surface area contributed by atoms with Crippen molar-refractivity contribution in [1.82, 2.24) is 5.43 Å². The van der Waals surface area contributed by atoms with Crippen LogP contribution in [0.4, 0.5) is 5.69 Å². The van der Waals surface area contributed by atoms with Gasteiger partial charge < -0.3 is 14.2 Å². The second kappa shape index (κ2) is 8.36. The van der Waals surface area contributed by atoms with E-state index in [4.69, 9.17) is 24.3 Å². The Hall–Kier alpha value is -3.32. The van der Waals surface area contributed by atoms with E-state index in [-0.39, 0.29) is 0 Å². The van der Waals surface area contributed by atoms with Crippen molar-refractivity contribution in [2.75, 3.05) is 20.8 Å². The summed E-state index contributed by atoms with van der Waals surface area (Å²) in [6, 6.07) is 15.6. The minimum absolute atomic E-state index is 0.587. The Labute approximate surface area is 173 Å². The summed E-state index contributed by atoms with van der Waals surface area (Å²) in [5.41, 5.74) is 6.45. The normalized spacial score (nSPS) is 12.8. The molecule has 1 aliphatic heterocycles. The quantitative estimate of drug-likeness (QED) is 0.649. The molecule has 6 nitrogen and oxygen atoms in total. The van der Waals surface area contributed by atoms with Crippen LogP contribution in [0.15, 0.2) is 64.0 Å². The average molecular weight is 407 g/mol. The van der Waals surface area contributed by atoms with Crippen LogP contribution in [0.25, 0.3) is 0 Å². The Bertz CT molecular complexity index is 1070. The number of ether oxygens (including phenoxy) is 3. The lowest BCUT2D eigenvalue weighted by Gasteiger charge is -2.13. The van der Waals surface area contributed by atoms with Crippen LogP contribution < -0.4 is 19.6 Å². The number of aliphatic imine (C=N–C) groups is 1. The number of hydrazone groups is 1. The van der Waals surface area contributed by atoms with E-state index in [1.54, 1.807) is 25.6 Å². The molecule has 0 spiro atoms. The van der Waals surface area contributed by atoms with Gasteiger partial charge in [-0.3, -0.25) is 5.43 Å². The Balaban J connectivity index is 1.86. The zero-order chi connectivity index (χ0) is 20.2. The Morgan fingerprint density at radius 1 is 1.00 bits per heavy atom. The number of nitrogens with one attached hydrogen (secondary N) is 1. The van der Waals surface area contributed by atoms with E-state index in [1.807, 2.05) is 60.8 Å². The monoisotopic (exact) mass is 407 g/mol. The van der Waals surface area contributed by atoms with Crippen molar-refractivity contribution in [2.45, 2.75) is 6.92 Å². The Morgan fingerprint density at radius 3 is 2.59 bits per heavy atom. The number of fused-ring (bicyclic) bond motifs is 1. The molecule has 0 saturated carbocycles. The van der Waals surface area contributed by atoms with Crippen molar-refractivity contribution in [2.24, 2.45) is 10.1 Å². The maximum Gasteiger partial charge on any atom is 0.164 e. The lowest BCUT2D eigenvalue weighted by molar-refractivity contribution is 0.340.